The maximum Gasteiger partial charge on any atom is 0.175 e. The summed E-state index contributed by atoms with van der Waals surface area (Å²) >= 11 is 0. The van der Waals surface area contributed by atoms with Gasteiger partial charge in [-0.15, -0.1) is 0 Å². The molecule has 0 amide bonds. The van der Waals surface area contributed by atoms with E-state index >= 15 is 4.39 Å². The fourth-order valence-corrected chi connectivity index (χ4v) is 4.40. The molecular formula is C25H21F3N2O3S. The molecule has 0 saturated carbocycles. The van der Waals surface area contributed by atoms with Gasteiger partial charge in [0.2, 0.25) is 0 Å². The average Bonchev–Trinajstić information content (AvgIpc) is 3.20. The van der Waals surface area contributed by atoms with Crippen molar-refractivity contribution in [1.29, 1.82) is 0 Å². The first-order valence-corrected chi connectivity index (χ1v) is 12.1. The summed E-state index contributed by atoms with van der Waals surface area (Å²) in [6.45, 7) is 2.91. The number of aromatic nitrogens is 2. The molecule has 1 aromatic heterocycles. The van der Waals surface area contributed by atoms with Crippen LogP contribution in [0.3, 0.4) is 0 Å². The molecule has 1 heterocycles. The Morgan fingerprint density at radius 3 is 2.21 bits per heavy atom. The predicted octanol–water partition coefficient (Wildman–Crippen LogP) is 5.46. The number of H-pyrrole nitrogens is 1. The van der Waals surface area contributed by atoms with Crippen molar-refractivity contribution in [2.45, 2.75) is 24.3 Å². The van der Waals surface area contributed by atoms with Gasteiger partial charge in [-0.05, 0) is 55.3 Å². The van der Waals surface area contributed by atoms with Crippen LogP contribution in [0.25, 0.3) is 33.5 Å². The van der Waals surface area contributed by atoms with Crippen LogP contribution in [0, 0.1) is 17.5 Å². The van der Waals surface area contributed by atoms with Crippen LogP contribution in [0.2, 0.25) is 0 Å². The van der Waals surface area contributed by atoms with Gasteiger partial charge in [-0.3, -0.25) is 5.10 Å². The Labute approximate surface area is 194 Å². The molecule has 0 aliphatic heterocycles. The molecule has 0 bridgehead atoms. The van der Waals surface area contributed by atoms with Gasteiger partial charge in [-0.1, -0.05) is 30.3 Å². The van der Waals surface area contributed by atoms with Gasteiger partial charge in [0.1, 0.15) is 17.1 Å². The van der Waals surface area contributed by atoms with Crippen LogP contribution in [0.5, 0.6) is 0 Å². The van der Waals surface area contributed by atoms with Gasteiger partial charge in [0.05, 0.1) is 10.6 Å². The molecule has 0 aliphatic rings. The Morgan fingerprint density at radius 2 is 1.56 bits per heavy atom. The SMILES string of the molecule is CC(C)(O)c1[nH]nc(-c2cccc(F)c2F)c1-c1ccc(-c2cccc(S(C)(=O)=O)c2)cc1F. The number of hydrogen-bond donors (Lipinski definition) is 2. The van der Waals surface area contributed by atoms with Gasteiger partial charge in [0.15, 0.2) is 21.5 Å². The van der Waals surface area contributed by atoms with E-state index in [1.165, 1.54) is 50.2 Å². The summed E-state index contributed by atoms with van der Waals surface area (Å²) in [6, 6.07) is 13.9. The molecule has 0 atom stereocenters. The van der Waals surface area contributed by atoms with Crippen molar-refractivity contribution in [2.75, 3.05) is 6.26 Å². The monoisotopic (exact) mass is 486 g/mol. The fourth-order valence-electron chi connectivity index (χ4n) is 3.73. The third-order valence-electron chi connectivity index (χ3n) is 5.42. The average molecular weight is 487 g/mol. The molecule has 0 aliphatic carbocycles. The van der Waals surface area contributed by atoms with Crippen molar-refractivity contribution in [3.63, 3.8) is 0 Å². The predicted molar refractivity (Wildman–Crippen MR) is 123 cm³/mol. The summed E-state index contributed by atoms with van der Waals surface area (Å²) in [5.41, 5.74) is -0.626. The first-order chi connectivity index (χ1) is 15.9. The summed E-state index contributed by atoms with van der Waals surface area (Å²) in [5.74, 6) is -2.95. The Morgan fingerprint density at radius 1 is 0.882 bits per heavy atom. The lowest BCUT2D eigenvalue weighted by Gasteiger charge is -2.18. The van der Waals surface area contributed by atoms with Gasteiger partial charge in [-0.25, -0.2) is 21.6 Å². The highest BCUT2D eigenvalue weighted by atomic mass is 32.2. The van der Waals surface area contributed by atoms with E-state index in [0.29, 0.717) is 11.1 Å². The first-order valence-electron chi connectivity index (χ1n) is 10.2. The Balaban J connectivity index is 1.91. The zero-order chi connectivity index (χ0) is 24.8. The zero-order valence-electron chi connectivity index (χ0n) is 18.5. The van der Waals surface area contributed by atoms with E-state index in [4.69, 9.17) is 0 Å². The van der Waals surface area contributed by atoms with Crippen molar-refractivity contribution in [1.82, 2.24) is 10.2 Å². The lowest BCUT2D eigenvalue weighted by atomic mass is 9.91. The zero-order valence-corrected chi connectivity index (χ0v) is 19.3. The standard InChI is InChI=1S/C25H21F3N2O3S/c1-25(2,31)24-21(23(29-30-24)18-8-5-9-19(26)22(18)28)17-11-10-15(13-20(17)27)14-6-4-7-16(12-14)34(3,32)33/h4-13,31H,1-3H3,(H,29,30). The van der Waals surface area contributed by atoms with Gasteiger partial charge < -0.3 is 5.11 Å². The number of aliphatic hydroxyl groups is 1. The number of nitrogens with one attached hydrogen (secondary N) is 1. The minimum absolute atomic E-state index is 0.00699. The Kier molecular flexibility index (Phi) is 5.87. The van der Waals surface area contributed by atoms with E-state index in [2.05, 4.69) is 10.2 Å². The molecule has 34 heavy (non-hydrogen) atoms. The van der Waals surface area contributed by atoms with Crippen LogP contribution in [0.1, 0.15) is 19.5 Å². The van der Waals surface area contributed by atoms with Crippen molar-refractivity contribution in [2.24, 2.45) is 0 Å². The second-order valence-corrected chi connectivity index (χ2v) is 10.5. The molecule has 0 saturated heterocycles. The van der Waals surface area contributed by atoms with Gasteiger partial charge in [-0.2, -0.15) is 5.10 Å². The van der Waals surface area contributed by atoms with Crippen LogP contribution in [0.15, 0.2) is 65.6 Å². The summed E-state index contributed by atoms with van der Waals surface area (Å²) in [5, 5.41) is 17.3. The maximum absolute atomic E-state index is 15.5. The highest BCUT2D eigenvalue weighted by Crippen LogP contribution is 2.41. The maximum atomic E-state index is 15.5. The van der Waals surface area contributed by atoms with Crippen LogP contribution >= 0.6 is 0 Å². The topological polar surface area (TPSA) is 83.0 Å². The Bertz CT molecular complexity index is 1510. The third-order valence-corrected chi connectivity index (χ3v) is 6.53. The second kappa shape index (κ2) is 8.41. The summed E-state index contributed by atoms with van der Waals surface area (Å²) < 4.78 is 67.7. The molecule has 3 aromatic carbocycles. The highest BCUT2D eigenvalue weighted by molar-refractivity contribution is 7.90. The molecule has 5 nitrogen and oxygen atoms in total. The Hall–Kier alpha value is -3.43. The number of hydrogen-bond acceptors (Lipinski definition) is 4. The third kappa shape index (κ3) is 4.36. The molecule has 4 aromatic rings. The molecule has 2 N–H and O–H groups in total. The lowest BCUT2D eigenvalue weighted by Crippen LogP contribution is -2.17. The molecule has 9 heteroatoms. The fraction of sp³-hybridized carbons (Fsp3) is 0.160. The molecule has 4 rings (SSSR count). The van der Waals surface area contributed by atoms with E-state index in [0.717, 1.165) is 12.3 Å². The summed E-state index contributed by atoms with van der Waals surface area (Å²) in [6.07, 6.45) is 1.08. The molecule has 0 spiro atoms. The number of nitrogens with zero attached hydrogens (tertiary/aromatic N) is 1. The number of halogens is 3. The largest absolute Gasteiger partial charge is 0.384 e. The van der Waals surface area contributed by atoms with Crippen molar-refractivity contribution >= 4 is 9.84 Å². The molecule has 0 radical (unpaired) electrons. The van der Waals surface area contributed by atoms with Crippen molar-refractivity contribution < 1.29 is 26.7 Å². The number of rotatable bonds is 5. The summed E-state index contributed by atoms with van der Waals surface area (Å²) in [7, 11) is -3.45. The smallest absolute Gasteiger partial charge is 0.175 e. The van der Waals surface area contributed by atoms with Crippen LogP contribution in [0.4, 0.5) is 13.2 Å². The lowest BCUT2D eigenvalue weighted by molar-refractivity contribution is 0.0744. The van der Waals surface area contributed by atoms with Gasteiger partial charge in [0, 0.05) is 22.9 Å². The van der Waals surface area contributed by atoms with E-state index in [9.17, 15) is 22.3 Å². The van der Waals surface area contributed by atoms with E-state index in [-0.39, 0.29) is 33.0 Å². The molecule has 0 fully saturated rings. The second-order valence-electron chi connectivity index (χ2n) is 8.48. The molecular weight excluding hydrogens is 465 g/mol. The van der Waals surface area contributed by atoms with Crippen molar-refractivity contribution in [3.8, 4) is 33.5 Å². The minimum Gasteiger partial charge on any atom is -0.384 e. The first kappa shape index (κ1) is 23.7. The number of aromatic amines is 1. The van der Waals surface area contributed by atoms with E-state index in [1.54, 1.807) is 18.2 Å². The minimum atomic E-state index is -3.45. The summed E-state index contributed by atoms with van der Waals surface area (Å²) in [4.78, 5) is 0.0949. The van der Waals surface area contributed by atoms with Crippen LogP contribution in [-0.4, -0.2) is 30.0 Å². The van der Waals surface area contributed by atoms with E-state index < -0.39 is 32.9 Å². The highest BCUT2D eigenvalue weighted by Gasteiger charge is 2.30. The molecule has 0 unspecified atom stereocenters. The van der Waals surface area contributed by atoms with Crippen LogP contribution in [-0.2, 0) is 15.4 Å². The van der Waals surface area contributed by atoms with E-state index in [1.807, 2.05) is 0 Å². The molecule has 176 valence electrons. The van der Waals surface area contributed by atoms with Gasteiger partial charge in [0.25, 0.3) is 0 Å². The quantitative estimate of drug-likeness (QED) is 0.393. The van der Waals surface area contributed by atoms with Crippen molar-refractivity contribution in [3.05, 3.63) is 83.8 Å². The number of sulfone groups is 1. The van der Waals surface area contributed by atoms with Gasteiger partial charge >= 0.3 is 0 Å². The normalized spacial score (nSPS) is 12.2. The number of benzene rings is 3. The van der Waals surface area contributed by atoms with Crippen LogP contribution < -0.4 is 0 Å².